The zero-order valence-electron chi connectivity index (χ0n) is 14.0. The van der Waals surface area contributed by atoms with E-state index in [4.69, 9.17) is 4.42 Å². The summed E-state index contributed by atoms with van der Waals surface area (Å²) >= 11 is 0. The lowest BCUT2D eigenvalue weighted by molar-refractivity contribution is -0.116. The summed E-state index contributed by atoms with van der Waals surface area (Å²) in [5.41, 5.74) is 3.60. The third-order valence-electron chi connectivity index (χ3n) is 3.63. The minimum atomic E-state index is -0.327. The number of halogens is 1. The highest BCUT2D eigenvalue weighted by Gasteiger charge is 2.11. The average Bonchev–Trinajstić information content (AvgIpc) is 3.01. The fourth-order valence-electron chi connectivity index (χ4n) is 2.55. The van der Waals surface area contributed by atoms with Gasteiger partial charge in [-0.3, -0.25) is 4.79 Å². The van der Waals surface area contributed by atoms with Crippen molar-refractivity contribution in [2.45, 2.75) is 26.7 Å². The van der Waals surface area contributed by atoms with Crippen molar-refractivity contribution in [3.63, 3.8) is 0 Å². The summed E-state index contributed by atoms with van der Waals surface area (Å²) in [6.07, 6.45) is 0.572. The number of nitrogens with one attached hydrogen (secondary N) is 1. The molecule has 0 saturated heterocycles. The van der Waals surface area contributed by atoms with Crippen LogP contribution in [0.1, 0.15) is 23.4 Å². The molecule has 0 radical (unpaired) electrons. The number of carbonyl (C=O) groups is 1. The van der Waals surface area contributed by atoms with Crippen molar-refractivity contribution < 1.29 is 13.6 Å². The Balaban J connectivity index is 1.58. The minimum absolute atomic E-state index is 0.119. The van der Waals surface area contributed by atoms with Crippen LogP contribution in [0, 0.1) is 19.7 Å². The summed E-state index contributed by atoms with van der Waals surface area (Å²) in [6.45, 7) is 3.97. The first-order valence-electron chi connectivity index (χ1n) is 7.96. The third-order valence-corrected chi connectivity index (χ3v) is 3.63. The molecule has 0 spiro atoms. The Morgan fingerprint density at radius 1 is 1.08 bits per heavy atom. The molecule has 1 aromatic heterocycles. The second-order valence-corrected chi connectivity index (χ2v) is 5.93. The van der Waals surface area contributed by atoms with Crippen LogP contribution in [0.15, 0.2) is 46.9 Å². The van der Waals surface area contributed by atoms with Crippen LogP contribution in [0.2, 0.25) is 0 Å². The van der Waals surface area contributed by atoms with Crippen LogP contribution in [-0.4, -0.2) is 16.1 Å². The fourth-order valence-corrected chi connectivity index (χ4v) is 2.55. The first kappa shape index (κ1) is 16.8. The van der Waals surface area contributed by atoms with Crippen molar-refractivity contribution in [2.75, 3.05) is 5.32 Å². The van der Waals surface area contributed by atoms with E-state index >= 15 is 0 Å². The van der Waals surface area contributed by atoms with Gasteiger partial charge in [-0.1, -0.05) is 6.07 Å². The molecule has 128 valence electrons. The number of hydrogen-bond donors (Lipinski definition) is 1. The number of hydrogen-bond acceptors (Lipinski definition) is 4. The number of carbonyl (C=O) groups excluding carboxylic acids is 1. The molecule has 0 atom stereocenters. The van der Waals surface area contributed by atoms with Crippen LogP contribution in [0.3, 0.4) is 0 Å². The van der Waals surface area contributed by atoms with Crippen molar-refractivity contribution in [3.8, 4) is 11.5 Å². The Morgan fingerprint density at radius 3 is 2.44 bits per heavy atom. The molecule has 1 heterocycles. The third kappa shape index (κ3) is 4.50. The Morgan fingerprint density at radius 2 is 1.76 bits per heavy atom. The van der Waals surface area contributed by atoms with Crippen molar-refractivity contribution >= 4 is 11.6 Å². The van der Waals surface area contributed by atoms with Gasteiger partial charge in [0.2, 0.25) is 17.7 Å². The molecule has 2 aromatic carbocycles. The normalized spacial score (nSPS) is 10.7. The number of benzene rings is 2. The maximum Gasteiger partial charge on any atom is 0.247 e. The van der Waals surface area contributed by atoms with E-state index in [1.807, 2.05) is 32.0 Å². The van der Waals surface area contributed by atoms with Crippen molar-refractivity contribution in [2.24, 2.45) is 0 Å². The molecule has 0 fully saturated rings. The first-order chi connectivity index (χ1) is 12.0. The van der Waals surface area contributed by atoms with Gasteiger partial charge in [0.15, 0.2) is 0 Å². The molecule has 3 aromatic rings. The lowest BCUT2D eigenvalue weighted by Crippen LogP contribution is -2.12. The summed E-state index contributed by atoms with van der Waals surface area (Å²) < 4.78 is 18.5. The van der Waals surface area contributed by atoms with E-state index in [0.717, 1.165) is 16.8 Å². The van der Waals surface area contributed by atoms with E-state index in [-0.39, 0.29) is 18.1 Å². The average molecular weight is 339 g/mol. The van der Waals surface area contributed by atoms with Gasteiger partial charge in [-0.05, 0) is 61.4 Å². The Kier molecular flexibility index (Phi) is 4.88. The summed E-state index contributed by atoms with van der Waals surface area (Å²) in [7, 11) is 0. The maximum atomic E-state index is 12.9. The highest BCUT2D eigenvalue weighted by atomic mass is 19.1. The molecule has 1 amide bonds. The van der Waals surface area contributed by atoms with E-state index in [2.05, 4.69) is 15.5 Å². The summed E-state index contributed by atoms with van der Waals surface area (Å²) in [6, 6.07) is 11.7. The van der Waals surface area contributed by atoms with Gasteiger partial charge in [-0.15, -0.1) is 10.2 Å². The summed E-state index contributed by atoms with van der Waals surface area (Å²) in [5, 5.41) is 10.7. The van der Waals surface area contributed by atoms with Crippen LogP contribution in [0.4, 0.5) is 10.1 Å². The second kappa shape index (κ2) is 7.25. The zero-order valence-corrected chi connectivity index (χ0v) is 14.0. The smallest absolute Gasteiger partial charge is 0.247 e. The van der Waals surface area contributed by atoms with E-state index in [1.54, 1.807) is 12.1 Å². The molecular weight excluding hydrogens is 321 g/mol. The fraction of sp³-hybridized carbons (Fsp3) is 0.211. The standard InChI is InChI=1S/C19H18FN3O2/c1-12-9-13(2)11-16(10-12)21-17(24)7-8-18-22-23-19(25-18)14-3-5-15(20)6-4-14/h3-6,9-11H,7-8H2,1-2H3,(H,21,24). The van der Waals surface area contributed by atoms with Crippen molar-refractivity contribution in [1.29, 1.82) is 0 Å². The van der Waals surface area contributed by atoms with Gasteiger partial charge in [0.1, 0.15) is 5.82 Å². The highest BCUT2D eigenvalue weighted by Crippen LogP contribution is 2.19. The lowest BCUT2D eigenvalue weighted by Gasteiger charge is -2.06. The predicted molar refractivity (Wildman–Crippen MR) is 92.6 cm³/mol. The SMILES string of the molecule is Cc1cc(C)cc(NC(=O)CCc2nnc(-c3ccc(F)cc3)o2)c1. The molecular formula is C19H18FN3O2. The minimum Gasteiger partial charge on any atom is -0.421 e. The second-order valence-electron chi connectivity index (χ2n) is 5.93. The van der Waals surface area contributed by atoms with E-state index in [9.17, 15) is 9.18 Å². The number of aromatic nitrogens is 2. The Bertz CT molecular complexity index is 868. The van der Waals surface area contributed by atoms with Crippen molar-refractivity contribution in [1.82, 2.24) is 10.2 Å². The van der Waals surface area contributed by atoms with E-state index in [1.165, 1.54) is 12.1 Å². The van der Waals surface area contributed by atoms with Gasteiger partial charge < -0.3 is 9.73 Å². The zero-order chi connectivity index (χ0) is 17.8. The van der Waals surface area contributed by atoms with Gasteiger partial charge in [0.25, 0.3) is 0 Å². The molecule has 5 nitrogen and oxygen atoms in total. The molecule has 3 rings (SSSR count). The van der Waals surface area contributed by atoms with Crippen molar-refractivity contribution in [3.05, 3.63) is 65.3 Å². The van der Waals surface area contributed by atoms with Gasteiger partial charge in [-0.25, -0.2) is 4.39 Å². The van der Waals surface area contributed by atoms with Gasteiger partial charge in [0.05, 0.1) is 0 Å². The number of amides is 1. The maximum absolute atomic E-state index is 12.9. The predicted octanol–water partition coefficient (Wildman–Crippen LogP) is 4.06. The van der Waals surface area contributed by atoms with E-state index in [0.29, 0.717) is 23.8 Å². The first-order valence-corrected chi connectivity index (χ1v) is 7.96. The summed E-state index contributed by atoms with van der Waals surface area (Å²) in [4.78, 5) is 12.1. The van der Waals surface area contributed by atoms with E-state index < -0.39 is 0 Å². The topological polar surface area (TPSA) is 68.0 Å². The van der Waals surface area contributed by atoms with Crippen LogP contribution >= 0.6 is 0 Å². The lowest BCUT2D eigenvalue weighted by atomic mass is 10.1. The number of rotatable bonds is 5. The molecule has 0 bridgehead atoms. The molecule has 25 heavy (non-hydrogen) atoms. The summed E-state index contributed by atoms with van der Waals surface area (Å²) in [5.74, 6) is 0.234. The molecule has 0 aliphatic rings. The molecule has 0 unspecified atom stereocenters. The molecule has 0 aliphatic heterocycles. The van der Waals surface area contributed by atoms with Crippen LogP contribution < -0.4 is 5.32 Å². The molecule has 0 aliphatic carbocycles. The monoisotopic (exact) mass is 339 g/mol. The highest BCUT2D eigenvalue weighted by molar-refractivity contribution is 5.90. The van der Waals surface area contributed by atoms with Crippen LogP contribution in [0.5, 0.6) is 0 Å². The Labute approximate surface area is 144 Å². The quantitative estimate of drug-likeness (QED) is 0.761. The molecule has 6 heteroatoms. The Hall–Kier alpha value is -3.02. The number of aryl methyl sites for hydroxylation is 3. The van der Waals surface area contributed by atoms with Gasteiger partial charge in [0, 0.05) is 24.1 Å². The van der Waals surface area contributed by atoms with Crippen LogP contribution in [-0.2, 0) is 11.2 Å². The van der Waals surface area contributed by atoms with Gasteiger partial charge in [-0.2, -0.15) is 0 Å². The number of anilines is 1. The molecule has 1 N–H and O–H groups in total. The number of nitrogens with zero attached hydrogens (tertiary/aromatic N) is 2. The van der Waals surface area contributed by atoms with Crippen LogP contribution in [0.25, 0.3) is 11.5 Å². The van der Waals surface area contributed by atoms with Gasteiger partial charge >= 0.3 is 0 Å². The largest absolute Gasteiger partial charge is 0.421 e. The molecule has 0 saturated carbocycles.